The fourth-order valence-electron chi connectivity index (χ4n) is 1.69. The van der Waals surface area contributed by atoms with Gasteiger partial charge in [0.15, 0.2) is 0 Å². The Balaban J connectivity index is 0.000000720. The Kier molecular flexibility index (Phi) is 4.29. The minimum atomic E-state index is 0. The van der Waals surface area contributed by atoms with E-state index in [4.69, 9.17) is 9.47 Å². The molecule has 2 saturated heterocycles. The maximum absolute atomic E-state index is 5.57. The summed E-state index contributed by atoms with van der Waals surface area (Å²) in [7, 11) is 0. The monoisotopic (exact) mass is 193 g/mol. The molecule has 3 nitrogen and oxygen atoms in total. The summed E-state index contributed by atoms with van der Waals surface area (Å²) in [5.41, 5.74) is 0. The second-order valence-electron chi connectivity index (χ2n) is 3.15. The molecular weight excluding hydrogens is 178 g/mol. The van der Waals surface area contributed by atoms with Gasteiger partial charge >= 0.3 is 0 Å². The highest BCUT2D eigenvalue weighted by atomic mass is 35.5. The first-order chi connectivity index (χ1) is 5.47. The Hall–Kier alpha value is 0.170. The Labute approximate surface area is 79.2 Å². The first kappa shape index (κ1) is 10.3. The third-order valence-corrected chi connectivity index (χ3v) is 2.30. The van der Waals surface area contributed by atoms with Gasteiger partial charge in [-0.15, -0.1) is 12.4 Å². The van der Waals surface area contributed by atoms with Crippen LogP contribution in [0.1, 0.15) is 19.3 Å². The Morgan fingerprint density at radius 2 is 2.00 bits per heavy atom. The van der Waals surface area contributed by atoms with Gasteiger partial charge in [-0.1, -0.05) is 0 Å². The molecule has 2 unspecified atom stereocenters. The first-order valence-corrected chi connectivity index (χ1v) is 4.43. The van der Waals surface area contributed by atoms with E-state index in [1.165, 1.54) is 12.8 Å². The van der Waals surface area contributed by atoms with E-state index in [0.717, 1.165) is 26.2 Å². The van der Waals surface area contributed by atoms with Crippen LogP contribution in [0.15, 0.2) is 0 Å². The van der Waals surface area contributed by atoms with Gasteiger partial charge in [0, 0.05) is 13.2 Å². The van der Waals surface area contributed by atoms with Crippen LogP contribution < -0.4 is 5.32 Å². The van der Waals surface area contributed by atoms with Crippen molar-refractivity contribution in [1.82, 2.24) is 5.32 Å². The van der Waals surface area contributed by atoms with E-state index < -0.39 is 0 Å². The molecule has 0 saturated carbocycles. The average Bonchev–Trinajstić information content (AvgIpc) is 2.58. The van der Waals surface area contributed by atoms with Crippen LogP contribution in [0.5, 0.6) is 0 Å². The Morgan fingerprint density at radius 1 is 1.08 bits per heavy atom. The molecule has 2 aliphatic heterocycles. The van der Waals surface area contributed by atoms with Crippen molar-refractivity contribution in [3.63, 3.8) is 0 Å². The van der Waals surface area contributed by atoms with E-state index in [2.05, 4.69) is 5.32 Å². The van der Waals surface area contributed by atoms with Gasteiger partial charge in [0.05, 0.1) is 12.7 Å². The van der Waals surface area contributed by atoms with Crippen molar-refractivity contribution in [3.05, 3.63) is 0 Å². The topological polar surface area (TPSA) is 30.5 Å². The van der Waals surface area contributed by atoms with Crippen molar-refractivity contribution in [3.8, 4) is 0 Å². The maximum Gasteiger partial charge on any atom is 0.134 e. The lowest BCUT2D eigenvalue weighted by Gasteiger charge is -2.26. The SMILES string of the molecule is C1CCC(C2NCCO2)OC1.Cl. The molecule has 0 radical (unpaired) electrons. The zero-order chi connectivity index (χ0) is 7.52. The third kappa shape index (κ3) is 2.33. The van der Waals surface area contributed by atoms with Crippen LogP contribution in [0.3, 0.4) is 0 Å². The van der Waals surface area contributed by atoms with Gasteiger partial charge in [0.25, 0.3) is 0 Å². The summed E-state index contributed by atoms with van der Waals surface area (Å²) in [4.78, 5) is 0. The fourth-order valence-corrected chi connectivity index (χ4v) is 1.69. The normalized spacial score (nSPS) is 36.0. The van der Waals surface area contributed by atoms with E-state index in [9.17, 15) is 0 Å². The second-order valence-corrected chi connectivity index (χ2v) is 3.15. The van der Waals surface area contributed by atoms with Crippen LogP contribution >= 0.6 is 12.4 Å². The maximum atomic E-state index is 5.57. The first-order valence-electron chi connectivity index (χ1n) is 4.43. The number of hydrogen-bond acceptors (Lipinski definition) is 3. The van der Waals surface area contributed by atoms with Crippen LogP contribution in [0.4, 0.5) is 0 Å². The van der Waals surface area contributed by atoms with Crippen molar-refractivity contribution in [2.24, 2.45) is 0 Å². The fraction of sp³-hybridized carbons (Fsp3) is 1.00. The van der Waals surface area contributed by atoms with Crippen molar-refractivity contribution in [1.29, 1.82) is 0 Å². The summed E-state index contributed by atoms with van der Waals surface area (Å²) in [6.45, 7) is 2.72. The van der Waals surface area contributed by atoms with Crippen LogP contribution in [0.2, 0.25) is 0 Å². The molecule has 0 aliphatic carbocycles. The number of halogens is 1. The van der Waals surface area contributed by atoms with Gasteiger partial charge in [0.2, 0.25) is 0 Å². The van der Waals surface area contributed by atoms with E-state index in [0.29, 0.717) is 6.10 Å². The lowest BCUT2D eigenvalue weighted by molar-refractivity contribution is -0.0769. The molecule has 12 heavy (non-hydrogen) atoms. The van der Waals surface area contributed by atoms with Crippen molar-refractivity contribution in [2.45, 2.75) is 31.6 Å². The summed E-state index contributed by atoms with van der Waals surface area (Å²) >= 11 is 0. The summed E-state index contributed by atoms with van der Waals surface area (Å²) in [5, 5.41) is 3.28. The molecule has 2 rings (SSSR count). The van der Waals surface area contributed by atoms with Gasteiger partial charge < -0.3 is 9.47 Å². The number of nitrogens with one attached hydrogen (secondary N) is 1. The zero-order valence-electron chi connectivity index (χ0n) is 7.12. The molecule has 1 N–H and O–H groups in total. The minimum absolute atomic E-state index is 0. The van der Waals surface area contributed by atoms with E-state index in [-0.39, 0.29) is 18.6 Å². The predicted octanol–water partition coefficient (Wildman–Crippen LogP) is 0.923. The molecule has 4 heteroatoms. The average molecular weight is 194 g/mol. The largest absolute Gasteiger partial charge is 0.374 e. The molecule has 0 spiro atoms. The molecule has 0 aromatic rings. The van der Waals surface area contributed by atoms with Crippen molar-refractivity contribution >= 4 is 12.4 Å². The summed E-state index contributed by atoms with van der Waals surface area (Å²) in [6.07, 6.45) is 4.13. The summed E-state index contributed by atoms with van der Waals surface area (Å²) in [5.74, 6) is 0. The molecule has 2 fully saturated rings. The molecule has 2 heterocycles. The Morgan fingerprint density at radius 3 is 2.58 bits per heavy atom. The summed E-state index contributed by atoms with van der Waals surface area (Å²) < 4.78 is 11.0. The number of ether oxygens (including phenoxy) is 2. The lowest BCUT2D eigenvalue weighted by Crippen LogP contribution is -2.39. The highest BCUT2D eigenvalue weighted by molar-refractivity contribution is 5.85. The molecule has 0 bridgehead atoms. The summed E-state index contributed by atoms with van der Waals surface area (Å²) in [6, 6.07) is 0. The zero-order valence-corrected chi connectivity index (χ0v) is 7.94. The molecule has 2 aliphatic rings. The predicted molar refractivity (Wildman–Crippen MR) is 48.6 cm³/mol. The van der Waals surface area contributed by atoms with E-state index in [1.807, 2.05) is 0 Å². The smallest absolute Gasteiger partial charge is 0.134 e. The minimum Gasteiger partial charge on any atom is -0.374 e. The molecule has 0 aromatic carbocycles. The third-order valence-electron chi connectivity index (χ3n) is 2.30. The molecule has 72 valence electrons. The van der Waals surface area contributed by atoms with Crippen molar-refractivity contribution in [2.75, 3.05) is 19.8 Å². The van der Waals surface area contributed by atoms with E-state index in [1.54, 1.807) is 0 Å². The highest BCUT2D eigenvalue weighted by Gasteiger charge is 2.27. The molecule has 0 aromatic heterocycles. The second kappa shape index (κ2) is 5.02. The quantitative estimate of drug-likeness (QED) is 0.672. The van der Waals surface area contributed by atoms with Crippen LogP contribution in [0, 0.1) is 0 Å². The number of hydrogen-bond donors (Lipinski definition) is 1. The van der Waals surface area contributed by atoms with Gasteiger partial charge in [-0.2, -0.15) is 0 Å². The van der Waals surface area contributed by atoms with Crippen LogP contribution in [-0.2, 0) is 9.47 Å². The lowest BCUT2D eigenvalue weighted by atomic mass is 10.1. The van der Waals surface area contributed by atoms with Gasteiger partial charge in [-0.25, -0.2) is 0 Å². The van der Waals surface area contributed by atoms with E-state index >= 15 is 0 Å². The van der Waals surface area contributed by atoms with Gasteiger partial charge in [-0.3, -0.25) is 5.32 Å². The Bertz CT molecular complexity index is 122. The highest BCUT2D eigenvalue weighted by Crippen LogP contribution is 2.17. The van der Waals surface area contributed by atoms with Gasteiger partial charge in [0.1, 0.15) is 6.23 Å². The van der Waals surface area contributed by atoms with Crippen molar-refractivity contribution < 1.29 is 9.47 Å². The number of rotatable bonds is 1. The van der Waals surface area contributed by atoms with Crippen LogP contribution in [0.25, 0.3) is 0 Å². The standard InChI is InChI=1S/C8H15NO2.ClH/c1-2-5-10-7(3-1)8-9-4-6-11-8;/h7-9H,1-6H2;1H. The molecular formula is C8H16ClNO2. The van der Waals surface area contributed by atoms with Gasteiger partial charge in [-0.05, 0) is 19.3 Å². The molecule has 0 amide bonds. The van der Waals surface area contributed by atoms with Crippen LogP contribution in [-0.4, -0.2) is 32.1 Å². The molecule has 2 atom stereocenters.